The number of hydrogen-bond acceptors (Lipinski definition) is 1. The van der Waals surface area contributed by atoms with E-state index in [1.165, 1.54) is 135 Å². The molecule has 0 heterocycles. The minimum Gasteiger partial charge on any atom is -0.385 e. The second-order valence-electron chi connectivity index (χ2n) is 8.14. The number of allylic oxidation sites excluding steroid dienone is 1. The van der Waals surface area contributed by atoms with E-state index in [0.717, 1.165) is 6.61 Å². The van der Waals surface area contributed by atoms with Gasteiger partial charge in [-0.25, -0.2) is 0 Å². The van der Waals surface area contributed by atoms with Crippen LogP contribution in [0, 0.1) is 0 Å². The molecule has 0 amide bonds. The lowest BCUT2D eigenvalue weighted by Crippen LogP contribution is -1.88. The first-order chi connectivity index (χ1) is 12.9. The Morgan fingerprint density at radius 3 is 1.00 bits per heavy atom. The van der Waals surface area contributed by atoms with Gasteiger partial charge in [0, 0.05) is 13.7 Å². The van der Waals surface area contributed by atoms with Crippen molar-refractivity contribution in [1.82, 2.24) is 0 Å². The highest BCUT2D eigenvalue weighted by Gasteiger charge is 1.95. The van der Waals surface area contributed by atoms with Gasteiger partial charge in [0.1, 0.15) is 0 Å². The van der Waals surface area contributed by atoms with Crippen LogP contribution in [0.25, 0.3) is 0 Å². The molecule has 0 unspecified atom stereocenters. The average Bonchev–Trinajstić information content (AvgIpc) is 2.66. The molecule has 0 atom stereocenters. The average molecular weight is 367 g/mol. The van der Waals surface area contributed by atoms with Gasteiger partial charge < -0.3 is 4.74 Å². The molecule has 0 saturated carbocycles. The summed E-state index contributed by atoms with van der Waals surface area (Å²) >= 11 is 0. The third kappa shape index (κ3) is 23.7. The Labute approximate surface area is 166 Å². The van der Waals surface area contributed by atoms with E-state index in [0.29, 0.717) is 0 Å². The molecule has 0 aliphatic rings. The van der Waals surface area contributed by atoms with Crippen LogP contribution < -0.4 is 0 Å². The molecule has 0 aromatic carbocycles. The minimum absolute atomic E-state index is 0.941. The van der Waals surface area contributed by atoms with Crippen molar-refractivity contribution in [3.63, 3.8) is 0 Å². The Hall–Kier alpha value is -0.300. The van der Waals surface area contributed by atoms with Crippen molar-refractivity contribution in [2.24, 2.45) is 0 Å². The summed E-state index contributed by atoms with van der Waals surface area (Å²) in [6, 6.07) is 0. The van der Waals surface area contributed by atoms with E-state index in [9.17, 15) is 0 Å². The van der Waals surface area contributed by atoms with E-state index in [1.807, 2.05) is 6.08 Å². The van der Waals surface area contributed by atoms with Crippen LogP contribution in [0.4, 0.5) is 0 Å². The molecule has 0 rings (SSSR count). The molecule has 0 aromatic rings. The highest BCUT2D eigenvalue weighted by Crippen LogP contribution is 2.15. The minimum atomic E-state index is 0.941. The SMILES string of the molecule is C=CCCCCCCCCCCCCCCCCCCCCCCOC. The third-order valence-electron chi connectivity index (χ3n) is 5.51. The summed E-state index contributed by atoms with van der Waals surface area (Å²) in [5, 5.41) is 0. The first-order valence-electron chi connectivity index (χ1n) is 12.0. The molecule has 0 spiro atoms. The van der Waals surface area contributed by atoms with Crippen LogP contribution in [-0.4, -0.2) is 13.7 Å². The number of ether oxygens (including phenoxy) is 1. The molecule has 0 aliphatic heterocycles. The highest BCUT2D eigenvalue weighted by atomic mass is 16.5. The second kappa shape index (κ2) is 24.7. The zero-order valence-electron chi connectivity index (χ0n) is 18.2. The van der Waals surface area contributed by atoms with Crippen molar-refractivity contribution in [1.29, 1.82) is 0 Å². The summed E-state index contributed by atoms with van der Waals surface area (Å²) in [7, 11) is 1.80. The van der Waals surface area contributed by atoms with Crippen LogP contribution in [0.2, 0.25) is 0 Å². The fourth-order valence-electron chi connectivity index (χ4n) is 3.72. The normalized spacial score (nSPS) is 11.1. The Bertz CT molecular complexity index is 249. The number of unbranched alkanes of at least 4 members (excludes halogenated alkanes) is 20. The maximum Gasteiger partial charge on any atom is 0.0462 e. The fourth-order valence-corrected chi connectivity index (χ4v) is 3.72. The molecule has 1 heteroatoms. The van der Waals surface area contributed by atoms with E-state index < -0.39 is 0 Å². The maximum atomic E-state index is 5.08. The Balaban J connectivity index is 2.96. The topological polar surface area (TPSA) is 9.23 Å². The smallest absolute Gasteiger partial charge is 0.0462 e. The molecule has 0 fully saturated rings. The molecule has 156 valence electrons. The van der Waals surface area contributed by atoms with E-state index >= 15 is 0 Å². The van der Waals surface area contributed by atoms with Gasteiger partial charge >= 0.3 is 0 Å². The van der Waals surface area contributed by atoms with Crippen LogP contribution in [0.5, 0.6) is 0 Å². The van der Waals surface area contributed by atoms with Crippen LogP contribution in [0.15, 0.2) is 12.7 Å². The summed E-state index contributed by atoms with van der Waals surface area (Å²) in [5.74, 6) is 0. The molecule has 1 nitrogen and oxygen atoms in total. The van der Waals surface area contributed by atoms with E-state index in [-0.39, 0.29) is 0 Å². The molecule has 0 saturated heterocycles. The van der Waals surface area contributed by atoms with Crippen molar-refractivity contribution in [3.8, 4) is 0 Å². The first-order valence-corrected chi connectivity index (χ1v) is 12.0. The number of rotatable bonds is 23. The predicted molar refractivity (Wildman–Crippen MR) is 119 cm³/mol. The fraction of sp³-hybridized carbons (Fsp3) is 0.920. The molecule has 0 radical (unpaired) electrons. The Kier molecular flexibility index (Phi) is 24.4. The van der Waals surface area contributed by atoms with Gasteiger partial charge in [0.25, 0.3) is 0 Å². The Morgan fingerprint density at radius 1 is 0.462 bits per heavy atom. The van der Waals surface area contributed by atoms with Gasteiger partial charge in [-0.2, -0.15) is 0 Å². The van der Waals surface area contributed by atoms with E-state index in [1.54, 1.807) is 7.11 Å². The second-order valence-corrected chi connectivity index (χ2v) is 8.14. The van der Waals surface area contributed by atoms with Gasteiger partial charge in [-0.05, 0) is 19.3 Å². The predicted octanol–water partition coefficient (Wildman–Crippen LogP) is 9.01. The summed E-state index contributed by atoms with van der Waals surface area (Å²) in [5.41, 5.74) is 0. The molecule has 0 bridgehead atoms. The van der Waals surface area contributed by atoms with Crippen LogP contribution >= 0.6 is 0 Å². The van der Waals surface area contributed by atoms with Crippen LogP contribution in [0.1, 0.15) is 135 Å². The number of hydrogen-bond donors (Lipinski definition) is 0. The molecule has 0 aliphatic carbocycles. The van der Waals surface area contributed by atoms with Crippen molar-refractivity contribution in [3.05, 3.63) is 12.7 Å². The zero-order valence-corrected chi connectivity index (χ0v) is 18.2. The van der Waals surface area contributed by atoms with E-state index in [4.69, 9.17) is 4.74 Å². The molecular formula is C25H50O. The third-order valence-corrected chi connectivity index (χ3v) is 5.51. The van der Waals surface area contributed by atoms with Crippen molar-refractivity contribution < 1.29 is 4.74 Å². The highest BCUT2D eigenvalue weighted by molar-refractivity contribution is 4.65. The summed E-state index contributed by atoms with van der Waals surface area (Å²) in [6.45, 7) is 4.72. The van der Waals surface area contributed by atoms with E-state index in [2.05, 4.69) is 6.58 Å². The zero-order chi connectivity index (χ0) is 19.0. The molecule has 26 heavy (non-hydrogen) atoms. The van der Waals surface area contributed by atoms with Crippen LogP contribution in [0.3, 0.4) is 0 Å². The van der Waals surface area contributed by atoms with Crippen molar-refractivity contribution in [2.45, 2.75) is 135 Å². The summed E-state index contributed by atoms with van der Waals surface area (Å²) in [4.78, 5) is 0. The molecule has 0 aromatic heterocycles. The van der Waals surface area contributed by atoms with Crippen LogP contribution in [-0.2, 0) is 4.74 Å². The van der Waals surface area contributed by atoms with Gasteiger partial charge in [0.05, 0.1) is 0 Å². The first kappa shape index (κ1) is 25.7. The lowest BCUT2D eigenvalue weighted by molar-refractivity contribution is 0.192. The van der Waals surface area contributed by atoms with Crippen molar-refractivity contribution >= 4 is 0 Å². The maximum absolute atomic E-state index is 5.08. The monoisotopic (exact) mass is 366 g/mol. The lowest BCUT2D eigenvalue weighted by atomic mass is 10.0. The van der Waals surface area contributed by atoms with Gasteiger partial charge in [-0.15, -0.1) is 6.58 Å². The lowest BCUT2D eigenvalue weighted by Gasteiger charge is -2.04. The molecule has 0 N–H and O–H groups in total. The largest absolute Gasteiger partial charge is 0.385 e. The summed E-state index contributed by atoms with van der Waals surface area (Å²) in [6.07, 6.45) is 31.9. The Morgan fingerprint density at radius 2 is 0.731 bits per heavy atom. The van der Waals surface area contributed by atoms with Crippen molar-refractivity contribution in [2.75, 3.05) is 13.7 Å². The van der Waals surface area contributed by atoms with Gasteiger partial charge in [-0.3, -0.25) is 0 Å². The quantitative estimate of drug-likeness (QED) is 0.129. The number of methoxy groups -OCH3 is 1. The summed E-state index contributed by atoms with van der Waals surface area (Å²) < 4.78 is 5.08. The van der Waals surface area contributed by atoms with Gasteiger partial charge in [-0.1, -0.05) is 122 Å². The van der Waals surface area contributed by atoms with Gasteiger partial charge in [0.2, 0.25) is 0 Å². The van der Waals surface area contributed by atoms with Gasteiger partial charge in [0.15, 0.2) is 0 Å². The standard InChI is InChI=1S/C25H50O/c1-3-4-5-6-7-8-9-10-11-12-13-14-15-16-17-18-19-20-21-22-23-24-25-26-2/h3H,1,4-25H2,2H3. The molecular weight excluding hydrogens is 316 g/mol.